The maximum Gasteiger partial charge on any atom is 0.323 e. The fraction of sp³-hybridized carbons (Fsp3) is 0.300. The molecule has 0 aliphatic heterocycles. The van der Waals surface area contributed by atoms with Crippen LogP contribution in [0.5, 0.6) is 0 Å². The van der Waals surface area contributed by atoms with Gasteiger partial charge in [-0.05, 0) is 29.2 Å². The van der Waals surface area contributed by atoms with E-state index in [2.05, 4.69) is 0 Å². The van der Waals surface area contributed by atoms with Crippen molar-refractivity contribution in [1.82, 2.24) is 0 Å². The molecule has 0 spiro atoms. The van der Waals surface area contributed by atoms with E-state index in [0.717, 1.165) is 16.3 Å². The molecule has 2 rings (SSSR count). The molecule has 0 saturated carbocycles. The Morgan fingerprint density at radius 2 is 1.64 bits per heavy atom. The lowest BCUT2D eigenvalue weighted by molar-refractivity contribution is -0.168. The van der Waals surface area contributed by atoms with E-state index in [1.54, 1.807) is 6.08 Å². The quantitative estimate of drug-likeness (QED) is 0.476. The third-order valence-corrected chi connectivity index (χ3v) is 4.21. The van der Waals surface area contributed by atoms with Crippen LogP contribution in [0, 0.1) is 5.41 Å². The molecule has 0 unspecified atom stereocenters. The topological polar surface area (TPSA) is 72.8 Å². The Labute approximate surface area is 146 Å². The molecule has 0 radical (unpaired) electrons. The Hall–Kier alpha value is -2.66. The van der Waals surface area contributed by atoms with Crippen LogP contribution in [0.1, 0.15) is 12.0 Å². The van der Waals surface area contributed by atoms with Crippen molar-refractivity contribution in [3.05, 3.63) is 60.2 Å². The second kappa shape index (κ2) is 8.44. The van der Waals surface area contributed by atoms with E-state index < -0.39 is 17.4 Å². The number of methoxy groups -OCH3 is 2. The maximum atomic E-state index is 12.5. The molecule has 0 atom stereocenters. The van der Waals surface area contributed by atoms with Crippen LogP contribution in [0.3, 0.4) is 0 Å². The van der Waals surface area contributed by atoms with Crippen LogP contribution in [-0.2, 0) is 25.5 Å². The summed E-state index contributed by atoms with van der Waals surface area (Å²) in [6.07, 6.45) is 3.31. The summed E-state index contributed by atoms with van der Waals surface area (Å²) in [5, 5.41) is 11.0. The van der Waals surface area contributed by atoms with Gasteiger partial charge in [-0.3, -0.25) is 9.59 Å². The van der Waals surface area contributed by atoms with Crippen LogP contribution < -0.4 is 0 Å². The molecule has 0 aliphatic rings. The zero-order valence-corrected chi connectivity index (χ0v) is 14.4. The predicted octanol–water partition coefficient (Wildman–Crippen LogP) is 2.65. The van der Waals surface area contributed by atoms with Crippen molar-refractivity contribution in [2.75, 3.05) is 20.8 Å². The molecule has 0 fully saturated rings. The molecule has 5 heteroatoms. The van der Waals surface area contributed by atoms with Crippen LogP contribution in [-0.4, -0.2) is 37.9 Å². The summed E-state index contributed by atoms with van der Waals surface area (Å²) in [6, 6.07) is 13.6. The normalized spacial score (nSPS) is 11.6. The number of carbonyl (C=O) groups excluding carboxylic acids is 2. The fourth-order valence-corrected chi connectivity index (χ4v) is 2.91. The number of hydrogen-bond donors (Lipinski definition) is 1. The number of aliphatic hydroxyl groups excluding tert-OH is 1. The standard InChI is InChI=1S/C20H22O5/c1-24-18(22)20(19(23)25-2,11-5-6-12-21)14-15-9-10-16-7-3-4-8-17(16)13-15/h3-10,13,21H,11-12,14H2,1-2H3/b6-5-. The number of hydrogen-bond acceptors (Lipinski definition) is 5. The van der Waals surface area contributed by atoms with Gasteiger partial charge in [0.15, 0.2) is 5.41 Å². The van der Waals surface area contributed by atoms with E-state index in [1.807, 2.05) is 42.5 Å². The third kappa shape index (κ3) is 4.06. The van der Waals surface area contributed by atoms with E-state index in [9.17, 15) is 9.59 Å². The van der Waals surface area contributed by atoms with Gasteiger partial charge in [0, 0.05) is 0 Å². The van der Waals surface area contributed by atoms with Gasteiger partial charge in [-0.25, -0.2) is 0 Å². The second-order valence-corrected chi connectivity index (χ2v) is 5.78. The summed E-state index contributed by atoms with van der Waals surface area (Å²) >= 11 is 0. The van der Waals surface area contributed by atoms with Gasteiger partial charge in [-0.15, -0.1) is 0 Å². The molecule has 2 aromatic rings. The van der Waals surface area contributed by atoms with E-state index >= 15 is 0 Å². The number of allylic oxidation sites excluding steroid dienone is 1. The van der Waals surface area contributed by atoms with Crippen LogP contribution in [0.25, 0.3) is 10.8 Å². The summed E-state index contributed by atoms with van der Waals surface area (Å²) < 4.78 is 9.79. The first-order chi connectivity index (χ1) is 12.1. The van der Waals surface area contributed by atoms with E-state index in [0.29, 0.717) is 0 Å². The fourth-order valence-electron chi connectivity index (χ4n) is 2.91. The molecule has 1 N–H and O–H groups in total. The maximum absolute atomic E-state index is 12.5. The van der Waals surface area contributed by atoms with Gasteiger partial charge in [-0.2, -0.15) is 0 Å². The average Bonchev–Trinajstić information content (AvgIpc) is 2.65. The van der Waals surface area contributed by atoms with Crippen molar-refractivity contribution >= 4 is 22.7 Å². The SMILES string of the molecule is COC(=O)C(C/C=C\CO)(Cc1ccc2ccccc2c1)C(=O)OC. The van der Waals surface area contributed by atoms with Crippen LogP contribution in [0.15, 0.2) is 54.6 Å². The highest BCUT2D eigenvalue weighted by atomic mass is 16.5. The Balaban J connectivity index is 2.46. The highest BCUT2D eigenvalue weighted by Crippen LogP contribution is 2.32. The van der Waals surface area contributed by atoms with Crippen molar-refractivity contribution < 1.29 is 24.2 Å². The molecule has 0 amide bonds. The van der Waals surface area contributed by atoms with Gasteiger partial charge in [0.2, 0.25) is 0 Å². The Morgan fingerprint density at radius 3 is 2.24 bits per heavy atom. The first-order valence-electron chi connectivity index (χ1n) is 7.98. The number of benzene rings is 2. The lowest BCUT2D eigenvalue weighted by atomic mass is 9.78. The molecule has 2 aromatic carbocycles. The lowest BCUT2D eigenvalue weighted by Gasteiger charge is -2.27. The molecule has 0 saturated heterocycles. The number of fused-ring (bicyclic) bond motifs is 1. The molecule has 0 heterocycles. The Morgan fingerprint density at radius 1 is 1.00 bits per heavy atom. The lowest BCUT2D eigenvalue weighted by Crippen LogP contribution is -2.43. The van der Waals surface area contributed by atoms with Gasteiger partial charge >= 0.3 is 11.9 Å². The number of ether oxygens (including phenoxy) is 2. The Bertz CT molecular complexity index is 763. The van der Waals surface area contributed by atoms with E-state index in [-0.39, 0.29) is 19.4 Å². The molecule has 0 aromatic heterocycles. The molecular formula is C20H22O5. The highest BCUT2D eigenvalue weighted by molar-refractivity contribution is 6.00. The zero-order valence-electron chi connectivity index (χ0n) is 14.4. The molecule has 0 aliphatic carbocycles. The Kier molecular flexibility index (Phi) is 6.31. The van der Waals surface area contributed by atoms with Gasteiger partial charge in [-0.1, -0.05) is 54.6 Å². The summed E-state index contributed by atoms with van der Waals surface area (Å²) in [5.74, 6) is -1.31. The first kappa shape index (κ1) is 18.7. The van der Waals surface area contributed by atoms with E-state index in [1.165, 1.54) is 20.3 Å². The van der Waals surface area contributed by atoms with Crippen LogP contribution in [0.4, 0.5) is 0 Å². The number of rotatable bonds is 7. The monoisotopic (exact) mass is 342 g/mol. The molecule has 5 nitrogen and oxygen atoms in total. The largest absolute Gasteiger partial charge is 0.468 e. The van der Waals surface area contributed by atoms with Gasteiger partial charge in [0.05, 0.1) is 20.8 Å². The van der Waals surface area contributed by atoms with Crippen molar-refractivity contribution in [1.29, 1.82) is 0 Å². The minimum absolute atomic E-state index is 0.0831. The number of aliphatic hydroxyl groups is 1. The molecule has 132 valence electrons. The predicted molar refractivity (Wildman–Crippen MR) is 95.0 cm³/mol. The number of carbonyl (C=O) groups is 2. The highest BCUT2D eigenvalue weighted by Gasteiger charge is 2.47. The van der Waals surface area contributed by atoms with Gasteiger partial charge < -0.3 is 14.6 Å². The van der Waals surface area contributed by atoms with Crippen LogP contribution in [0.2, 0.25) is 0 Å². The van der Waals surface area contributed by atoms with Crippen molar-refractivity contribution in [2.45, 2.75) is 12.8 Å². The summed E-state index contributed by atoms with van der Waals surface area (Å²) in [4.78, 5) is 25.0. The summed E-state index contributed by atoms with van der Waals surface area (Å²) in [6.45, 7) is -0.172. The summed E-state index contributed by atoms with van der Waals surface area (Å²) in [7, 11) is 2.49. The first-order valence-corrected chi connectivity index (χ1v) is 7.98. The van der Waals surface area contributed by atoms with Crippen molar-refractivity contribution in [3.8, 4) is 0 Å². The molecule has 25 heavy (non-hydrogen) atoms. The molecular weight excluding hydrogens is 320 g/mol. The van der Waals surface area contributed by atoms with Gasteiger partial charge in [0.25, 0.3) is 0 Å². The van der Waals surface area contributed by atoms with Gasteiger partial charge in [0.1, 0.15) is 0 Å². The van der Waals surface area contributed by atoms with Crippen molar-refractivity contribution in [2.24, 2.45) is 5.41 Å². The third-order valence-electron chi connectivity index (χ3n) is 4.21. The van der Waals surface area contributed by atoms with E-state index in [4.69, 9.17) is 14.6 Å². The molecule has 0 bridgehead atoms. The average molecular weight is 342 g/mol. The second-order valence-electron chi connectivity index (χ2n) is 5.78. The summed E-state index contributed by atoms with van der Waals surface area (Å²) in [5.41, 5.74) is -0.663. The van der Waals surface area contributed by atoms with Crippen molar-refractivity contribution in [3.63, 3.8) is 0 Å². The minimum atomic E-state index is -1.49. The smallest absolute Gasteiger partial charge is 0.323 e. The minimum Gasteiger partial charge on any atom is -0.468 e. The van der Waals surface area contributed by atoms with Crippen LogP contribution >= 0.6 is 0 Å². The zero-order chi connectivity index (χ0) is 18.3. The number of esters is 2.